The highest BCUT2D eigenvalue weighted by atomic mass is 16.6. The zero-order chi connectivity index (χ0) is 12.1. The molecule has 0 saturated heterocycles. The predicted octanol–water partition coefficient (Wildman–Crippen LogP) is 2.56. The molecule has 0 aliphatic heterocycles. The Bertz CT molecular complexity index is 375. The van der Waals surface area contributed by atoms with Crippen molar-refractivity contribution in [3.63, 3.8) is 0 Å². The minimum Gasteiger partial charge on any atom is -0.294 e. The molecular formula is C12H15NO3. The molecule has 4 heteroatoms. The van der Waals surface area contributed by atoms with E-state index in [4.69, 9.17) is 0 Å². The molecule has 0 amide bonds. The summed E-state index contributed by atoms with van der Waals surface area (Å²) in [4.78, 5) is 22.3. The third kappa shape index (κ3) is 2.66. The molecule has 0 N–H and O–H groups in total. The SMILES string of the molecule is CC[C@@H]([C@H](C)C(=O)c1ccccc1)[N+](=O)[O-]. The molecule has 1 aromatic carbocycles. The van der Waals surface area contributed by atoms with E-state index in [-0.39, 0.29) is 10.7 Å². The standard InChI is InChI=1S/C12H15NO3/c1-3-11(13(15)16)9(2)12(14)10-7-5-4-6-8-10/h4-9,11H,3H2,1-2H3/t9-,11-/m0/s1. The number of rotatable bonds is 5. The average Bonchev–Trinajstić information content (AvgIpc) is 2.29. The molecule has 0 heterocycles. The van der Waals surface area contributed by atoms with Crippen molar-refractivity contribution >= 4 is 5.78 Å². The molecule has 0 radical (unpaired) electrons. The number of ketones is 1. The number of benzene rings is 1. The first-order chi connectivity index (χ1) is 7.57. The minimum absolute atomic E-state index is 0.163. The monoisotopic (exact) mass is 221 g/mol. The third-order valence-corrected chi connectivity index (χ3v) is 2.74. The molecule has 1 rings (SSSR count). The highest BCUT2D eigenvalue weighted by Crippen LogP contribution is 2.16. The van der Waals surface area contributed by atoms with Crippen molar-refractivity contribution in [3.05, 3.63) is 46.0 Å². The fraction of sp³-hybridized carbons (Fsp3) is 0.417. The van der Waals surface area contributed by atoms with Gasteiger partial charge >= 0.3 is 0 Å². The maximum absolute atomic E-state index is 11.9. The van der Waals surface area contributed by atoms with Gasteiger partial charge in [0.1, 0.15) is 0 Å². The number of nitro groups is 1. The molecule has 0 aliphatic carbocycles. The topological polar surface area (TPSA) is 60.2 Å². The van der Waals surface area contributed by atoms with Crippen LogP contribution >= 0.6 is 0 Å². The summed E-state index contributed by atoms with van der Waals surface area (Å²) in [5.74, 6) is -0.744. The molecule has 0 aromatic heterocycles. The Kier molecular flexibility index (Phi) is 4.17. The number of nitrogens with zero attached hydrogens (tertiary/aromatic N) is 1. The summed E-state index contributed by atoms with van der Waals surface area (Å²) in [6, 6.07) is 7.90. The summed E-state index contributed by atoms with van der Waals surface area (Å²) < 4.78 is 0. The first kappa shape index (κ1) is 12.4. The number of carbonyl (C=O) groups is 1. The minimum atomic E-state index is -0.798. The first-order valence-corrected chi connectivity index (χ1v) is 5.30. The van der Waals surface area contributed by atoms with E-state index in [9.17, 15) is 14.9 Å². The van der Waals surface area contributed by atoms with Crippen LogP contribution < -0.4 is 0 Å². The van der Waals surface area contributed by atoms with Crippen LogP contribution in [0.3, 0.4) is 0 Å². The Hall–Kier alpha value is -1.71. The van der Waals surface area contributed by atoms with E-state index >= 15 is 0 Å². The zero-order valence-electron chi connectivity index (χ0n) is 9.42. The fourth-order valence-corrected chi connectivity index (χ4v) is 1.73. The lowest BCUT2D eigenvalue weighted by Crippen LogP contribution is -2.32. The normalized spacial score (nSPS) is 14.1. The molecule has 0 fully saturated rings. The predicted molar refractivity (Wildman–Crippen MR) is 61.0 cm³/mol. The molecule has 86 valence electrons. The second-order valence-electron chi connectivity index (χ2n) is 3.78. The van der Waals surface area contributed by atoms with Crippen molar-refractivity contribution in [2.75, 3.05) is 0 Å². The molecule has 1 aromatic rings. The van der Waals surface area contributed by atoms with Crippen LogP contribution in [-0.2, 0) is 0 Å². The Morgan fingerprint density at radius 3 is 2.38 bits per heavy atom. The Morgan fingerprint density at radius 1 is 1.38 bits per heavy atom. The van der Waals surface area contributed by atoms with Crippen LogP contribution in [0.15, 0.2) is 30.3 Å². The van der Waals surface area contributed by atoms with Gasteiger partial charge in [0, 0.05) is 16.9 Å². The van der Waals surface area contributed by atoms with E-state index in [1.807, 2.05) is 6.07 Å². The second kappa shape index (κ2) is 5.39. The van der Waals surface area contributed by atoms with Gasteiger partial charge in [-0.25, -0.2) is 0 Å². The van der Waals surface area contributed by atoms with Gasteiger partial charge in [-0.1, -0.05) is 37.3 Å². The molecule has 2 atom stereocenters. The van der Waals surface area contributed by atoms with Crippen LogP contribution in [0.1, 0.15) is 30.6 Å². The highest BCUT2D eigenvalue weighted by molar-refractivity contribution is 5.97. The smallest absolute Gasteiger partial charge is 0.222 e. The van der Waals surface area contributed by atoms with Gasteiger partial charge in [-0.2, -0.15) is 0 Å². The van der Waals surface area contributed by atoms with Crippen molar-refractivity contribution in [1.29, 1.82) is 0 Å². The van der Waals surface area contributed by atoms with Crippen molar-refractivity contribution in [3.8, 4) is 0 Å². The molecule has 16 heavy (non-hydrogen) atoms. The Labute approximate surface area is 94.4 Å². The van der Waals surface area contributed by atoms with Gasteiger partial charge in [-0.3, -0.25) is 14.9 Å². The molecule has 0 spiro atoms. The quantitative estimate of drug-likeness (QED) is 0.436. The number of hydrogen-bond donors (Lipinski definition) is 0. The van der Waals surface area contributed by atoms with E-state index < -0.39 is 12.0 Å². The summed E-state index contributed by atoms with van der Waals surface area (Å²) in [6.07, 6.45) is 0.368. The molecule has 0 bridgehead atoms. The summed E-state index contributed by atoms with van der Waals surface area (Å²) in [7, 11) is 0. The van der Waals surface area contributed by atoms with Crippen molar-refractivity contribution in [1.82, 2.24) is 0 Å². The first-order valence-electron chi connectivity index (χ1n) is 5.30. The van der Waals surface area contributed by atoms with Gasteiger partial charge in [-0.15, -0.1) is 0 Å². The van der Waals surface area contributed by atoms with E-state index in [2.05, 4.69) is 0 Å². The largest absolute Gasteiger partial charge is 0.294 e. The van der Waals surface area contributed by atoms with Gasteiger partial charge in [0.15, 0.2) is 5.78 Å². The summed E-state index contributed by atoms with van der Waals surface area (Å²) in [6.45, 7) is 3.34. The van der Waals surface area contributed by atoms with E-state index in [0.29, 0.717) is 12.0 Å². The number of hydrogen-bond acceptors (Lipinski definition) is 3. The molecule has 0 saturated carbocycles. The van der Waals surface area contributed by atoms with E-state index in [1.165, 1.54) is 0 Å². The maximum Gasteiger partial charge on any atom is 0.222 e. The van der Waals surface area contributed by atoms with E-state index in [1.54, 1.807) is 38.1 Å². The Morgan fingerprint density at radius 2 is 1.94 bits per heavy atom. The molecular weight excluding hydrogens is 206 g/mol. The van der Waals surface area contributed by atoms with Crippen LogP contribution in [0.25, 0.3) is 0 Å². The lowest BCUT2D eigenvalue weighted by atomic mass is 9.91. The van der Waals surface area contributed by atoms with Gasteiger partial charge in [0.25, 0.3) is 0 Å². The van der Waals surface area contributed by atoms with Gasteiger partial charge in [0.05, 0.1) is 5.92 Å². The lowest BCUT2D eigenvalue weighted by Gasteiger charge is -2.14. The van der Waals surface area contributed by atoms with Crippen LogP contribution in [-0.4, -0.2) is 16.7 Å². The summed E-state index contributed by atoms with van der Waals surface area (Å²) >= 11 is 0. The third-order valence-electron chi connectivity index (χ3n) is 2.74. The number of carbonyl (C=O) groups excluding carboxylic acids is 1. The fourth-order valence-electron chi connectivity index (χ4n) is 1.73. The molecule has 0 unspecified atom stereocenters. The van der Waals surface area contributed by atoms with Crippen LogP contribution in [0, 0.1) is 16.0 Å². The van der Waals surface area contributed by atoms with Crippen molar-refractivity contribution in [2.24, 2.45) is 5.92 Å². The van der Waals surface area contributed by atoms with Crippen LogP contribution in [0.2, 0.25) is 0 Å². The average molecular weight is 221 g/mol. The molecule has 4 nitrogen and oxygen atoms in total. The highest BCUT2D eigenvalue weighted by Gasteiger charge is 2.31. The van der Waals surface area contributed by atoms with E-state index in [0.717, 1.165) is 0 Å². The van der Waals surface area contributed by atoms with Crippen molar-refractivity contribution < 1.29 is 9.72 Å². The Balaban J connectivity index is 2.86. The van der Waals surface area contributed by atoms with Crippen molar-refractivity contribution in [2.45, 2.75) is 26.3 Å². The summed E-state index contributed by atoms with van der Waals surface area (Å²) in [5.41, 5.74) is 0.537. The molecule has 0 aliphatic rings. The lowest BCUT2D eigenvalue weighted by molar-refractivity contribution is -0.528. The van der Waals surface area contributed by atoms with Gasteiger partial charge in [-0.05, 0) is 6.92 Å². The van der Waals surface area contributed by atoms with Gasteiger partial charge < -0.3 is 0 Å². The number of Topliss-reactive ketones (excluding diaryl/α,β-unsaturated/α-hetero) is 1. The van der Waals surface area contributed by atoms with Crippen LogP contribution in [0.5, 0.6) is 0 Å². The second-order valence-corrected chi connectivity index (χ2v) is 3.78. The zero-order valence-corrected chi connectivity index (χ0v) is 9.42. The summed E-state index contributed by atoms with van der Waals surface area (Å²) in [5, 5.41) is 10.8. The maximum atomic E-state index is 11.9. The van der Waals surface area contributed by atoms with Crippen LogP contribution in [0.4, 0.5) is 0 Å². The van der Waals surface area contributed by atoms with Gasteiger partial charge in [0.2, 0.25) is 6.04 Å².